The molecule has 0 aliphatic heterocycles. The summed E-state index contributed by atoms with van der Waals surface area (Å²) in [5.41, 5.74) is 13.3. The second kappa shape index (κ2) is 24.8. The quantitative estimate of drug-likeness (QED) is 0.0554. The monoisotopic (exact) mass is 1010 g/mol. The number of carbonyl (C=O) groups is 2. The second-order valence-electron chi connectivity index (χ2n) is 17.5. The normalized spacial score (nSPS) is 10.6. The summed E-state index contributed by atoms with van der Waals surface area (Å²) in [5.74, 6) is 1.33. The fraction of sp³-hybridized carbons (Fsp3) is 0.133. The van der Waals surface area contributed by atoms with Gasteiger partial charge < -0.3 is 10.5 Å². The average molecular weight is 1010 g/mol. The van der Waals surface area contributed by atoms with Crippen molar-refractivity contribution in [3.63, 3.8) is 0 Å². The summed E-state index contributed by atoms with van der Waals surface area (Å²) in [7, 11) is 11.0. The summed E-state index contributed by atoms with van der Waals surface area (Å²) in [6.07, 6.45) is 3.16. The van der Waals surface area contributed by atoms with Gasteiger partial charge in [-0.3, -0.25) is 9.59 Å². The fourth-order valence-electron chi connectivity index (χ4n) is 9.18. The van der Waals surface area contributed by atoms with Crippen LogP contribution in [0.25, 0.3) is 87.6 Å². The van der Waals surface area contributed by atoms with Gasteiger partial charge in [0.2, 0.25) is 0 Å². The van der Waals surface area contributed by atoms with Crippen molar-refractivity contribution in [2.45, 2.75) is 40.5 Å². The van der Waals surface area contributed by atoms with Crippen LogP contribution in [-0.4, -0.2) is 20.4 Å². The number of carbonyl (C=O) groups excluding carboxylic acids is 2. The van der Waals surface area contributed by atoms with Gasteiger partial charge in [0.1, 0.15) is 0 Å². The van der Waals surface area contributed by atoms with Gasteiger partial charge in [-0.05, 0) is 79.6 Å². The van der Waals surface area contributed by atoms with E-state index in [0.717, 1.165) is 20.4 Å². The van der Waals surface area contributed by atoms with Crippen LogP contribution in [0.3, 0.4) is 0 Å². The van der Waals surface area contributed by atoms with Crippen LogP contribution in [0.4, 0.5) is 0 Å². The molecule has 10 aromatic rings. The molecule has 0 unspecified atom stereocenters. The fourth-order valence-corrected chi connectivity index (χ4v) is 9.18. The minimum atomic E-state index is -0.826. The van der Waals surface area contributed by atoms with Crippen molar-refractivity contribution in [2.75, 3.05) is 0 Å². The number of benzene rings is 8. The van der Waals surface area contributed by atoms with Crippen LogP contribution in [0.15, 0.2) is 194 Å². The summed E-state index contributed by atoms with van der Waals surface area (Å²) in [6, 6.07) is 71.1. The Hall–Kier alpha value is -6.03. The van der Waals surface area contributed by atoms with Crippen molar-refractivity contribution in [3.8, 4) is 44.5 Å². The third-order valence-corrected chi connectivity index (χ3v) is 11.8. The van der Waals surface area contributed by atoms with Crippen LogP contribution < -0.4 is 10.5 Å². The molecule has 68 heavy (non-hydrogen) atoms. The Morgan fingerprint density at radius 1 is 0.441 bits per heavy atom. The molecule has 0 fully saturated rings. The summed E-state index contributed by atoms with van der Waals surface area (Å²) in [4.78, 5) is 18.8. The maximum atomic E-state index is 9.38. The Labute approximate surface area is 420 Å². The van der Waals surface area contributed by atoms with Crippen molar-refractivity contribution in [3.05, 3.63) is 205 Å². The molecule has 0 atom stereocenters. The van der Waals surface area contributed by atoms with E-state index in [0.29, 0.717) is 24.7 Å². The van der Waals surface area contributed by atoms with E-state index in [1.807, 2.05) is 0 Å². The first-order chi connectivity index (χ1) is 33.2. The zero-order valence-corrected chi connectivity index (χ0v) is 42.8. The van der Waals surface area contributed by atoms with Crippen molar-refractivity contribution in [2.24, 2.45) is 11.8 Å². The van der Waals surface area contributed by atoms with Crippen molar-refractivity contribution in [1.29, 1.82) is 0 Å². The van der Waals surface area contributed by atoms with E-state index in [1.54, 1.807) is 0 Å². The minimum absolute atomic E-state index is 0.455. The van der Waals surface area contributed by atoms with Gasteiger partial charge in [-0.1, -0.05) is 184 Å². The Morgan fingerprint density at radius 3 is 1.09 bits per heavy atom. The van der Waals surface area contributed by atoms with E-state index in [4.69, 9.17) is 17.0 Å². The molecule has 337 valence electrons. The van der Waals surface area contributed by atoms with Gasteiger partial charge in [0.05, 0.1) is 0 Å². The van der Waals surface area contributed by atoms with Crippen LogP contribution in [0, 0.1) is 11.8 Å². The number of fused-ring (bicyclic) bond motifs is 4. The number of hydrogen-bond acceptors (Lipinski definition) is 2. The third kappa shape index (κ3) is 12.3. The Morgan fingerprint density at radius 2 is 0.735 bits per heavy atom. The molecule has 0 aliphatic rings. The summed E-state index contributed by atoms with van der Waals surface area (Å²) in [6.45, 7) is 9.14. The number of hydrogen-bond donors (Lipinski definition) is 2. The molecule has 0 saturated carbocycles. The van der Waals surface area contributed by atoms with Crippen molar-refractivity contribution < 1.29 is 30.4 Å². The third-order valence-electron chi connectivity index (χ3n) is 11.8. The molecule has 2 amide bonds. The topological polar surface area (TPSA) is 58.2 Å². The van der Waals surface area contributed by atoms with Crippen LogP contribution in [-0.2, 0) is 43.3 Å². The first-order valence-corrected chi connectivity index (χ1v) is 29.3. The molecule has 0 saturated heterocycles. The molecule has 8 heteroatoms. The summed E-state index contributed by atoms with van der Waals surface area (Å²) < 4.78 is 0. The second-order valence-corrected chi connectivity index (χ2v) is 21.2. The molecule has 0 aromatic heterocycles. The van der Waals surface area contributed by atoms with Crippen LogP contribution in [0.5, 0.6) is 0 Å². The predicted molar refractivity (Wildman–Crippen MR) is 289 cm³/mol. The van der Waals surface area contributed by atoms with Gasteiger partial charge in [0.25, 0.3) is 0 Å². The van der Waals surface area contributed by atoms with Gasteiger partial charge in [-0.2, -0.15) is 12.1 Å². The Kier molecular flexibility index (Phi) is 18.2. The van der Waals surface area contributed by atoms with Gasteiger partial charge in [-0.15, -0.1) is 69.1 Å². The molecule has 0 bridgehead atoms. The molecule has 10 aromatic carbocycles. The Bertz CT molecular complexity index is 3020. The maximum absolute atomic E-state index is 9.38. The molecule has 10 rings (SSSR count). The standard InChI is InChI=1S/2C29H25.C2H4BN2O2.2ClH.Zr/c2*1-20(2)17-21-18-23-11-8-16-28(29(23)19-21)27-14-6-5-13-26(27)25-15-7-10-22-9-3-4-12-24(22)25;6-1-4-3-5-2-7;;;/h2*3-16,18-20H,17H2,1-2H3;1-2H,(H,4,6)(H,5,7);2*1H;/q2*-1;;;;+4/p-2. The van der Waals surface area contributed by atoms with E-state index in [-0.39, 0.29) is 0 Å². The number of nitrogens with one attached hydrogen (secondary N) is 2. The van der Waals surface area contributed by atoms with Gasteiger partial charge in [0.15, 0.2) is 12.8 Å². The summed E-state index contributed by atoms with van der Waals surface area (Å²) >= 11 is -0.826. The van der Waals surface area contributed by atoms with Crippen LogP contribution >= 0.6 is 17.0 Å². The SMILES string of the molecule is CC(C)Cc1cc2c(-c3ccccc3-c3cccc4ccccc34)cccc2[cH-]1.CC(C)Cc1cc2c(-c3ccccc3-c3cccc4ccccc34)cccc2[cH-]1.O=CN[B]NC=O.[Cl][Zr+2][Cl]. The molecule has 2 N–H and O–H groups in total. The molecule has 0 heterocycles. The number of amides is 2. The van der Waals surface area contributed by atoms with Crippen molar-refractivity contribution >= 4 is 80.5 Å². The average Bonchev–Trinajstić information content (AvgIpc) is 3.97. The Balaban J connectivity index is 0.000000168. The van der Waals surface area contributed by atoms with Gasteiger partial charge in [0, 0.05) is 0 Å². The van der Waals surface area contributed by atoms with Gasteiger partial charge >= 0.3 is 45.4 Å². The van der Waals surface area contributed by atoms with Gasteiger partial charge in [-0.25, -0.2) is 0 Å². The van der Waals surface area contributed by atoms with E-state index in [1.165, 1.54) is 98.7 Å². The zero-order valence-electron chi connectivity index (χ0n) is 38.8. The first kappa shape index (κ1) is 49.9. The predicted octanol–water partition coefficient (Wildman–Crippen LogP) is 15.9. The molecular weight excluding hydrogens is 954 g/mol. The first-order valence-electron chi connectivity index (χ1n) is 22.9. The zero-order chi connectivity index (χ0) is 47.8. The number of rotatable bonds is 12. The van der Waals surface area contributed by atoms with E-state index in [9.17, 15) is 9.59 Å². The molecule has 0 spiro atoms. The van der Waals surface area contributed by atoms with Crippen molar-refractivity contribution in [1.82, 2.24) is 10.5 Å². The molecule has 1 radical (unpaired) electrons. The molecular formula is C60H54BCl2N2O2Zr. The van der Waals surface area contributed by atoms with E-state index < -0.39 is 20.8 Å². The van der Waals surface area contributed by atoms with Crippen LogP contribution in [0.2, 0.25) is 0 Å². The summed E-state index contributed by atoms with van der Waals surface area (Å²) in [5, 5.41) is 14.8. The van der Waals surface area contributed by atoms with E-state index in [2.05, 4.69) is 232 Å². The van der Waals surface area contributed by atoms with Crippen LogP contribution in [0.1, 0.15) is 38.8 Å². The van der Waals surface area contributed by atoms with E-state index >= 15 is 0 Å². The molecule has 0 aliphatic carbocycles. The number of halogens is 2. The molecule has 4 nitrogen and oxygen atoms in total.